The van der Waals surface area contributed by atoms with Crippen LogP contribution in [0.15, 0.2) is 36.4 Å². The minimum absolute atomic E-state index is 0.0803. The van der Waals surface area contributed by atoms with E-state index in [2.05, 4.69) is 0 Å². The molecule has 1 unspecified atom stereocenters. The van der Waals surface area contributed by atoms with Gasteiger partial charge in [-0.15, -0.1) is 0 Å². The molecule has 0 spiro atoms. The van der Waals surface area contributed by atoms with Gasteiger partial charge in [0.05, 0.1) is 30.3 Å². The third kappa shape index (κ3) is 5.59. The smallest absolute Gasteiger partial charge is 0.316 e. The Morgan fingerprint density at radius 2 is 2.07 bits per heavy atom. The highest BCUT2D eigenvalue weighted by Crippen LogP contribution is 2.41. The summed E-state index contributed by atoms with van der Waals surface area (Å²) in [5.41, 5.74) is -0.283. The minimum atomic E-state index is -0.616. The van der Waals surface area contributed by atoms with Gasteiger partial charge in [0.1, 0.15) is 18.1 Å². The Morgan fingerprint density at radius 1 is 1.23 bits per heavy atom. The first kappa shape index (κ1) is 21.4. The molecule has 1 saturated heterocycles. The molecule has 0 N–H and O–H groups in total. The van der Waals surface area contributed by atoms with Gasteiger partial charge >= 0.3 is 5.69 Å². The molecule has 0 saturated carbocycles. The Balaban J connectivity index is 1.79. The van der Waals surface area contributed by atoms with E-state index in [9.17, 15) is 15.4 Å². The van der Waals surface area contributed by atoms with Crippen LogP contribution in [0.25, 0.3) is 0 Å². The average molecular weight is 414 g/mol. The van der Waals surface area contributed by atoms with Crippen LogP contribution in [0.2, 0.25) is 0 Å². The molecule has 0 amide bonds. The van der Waals surface area contributed by atoms with E-state index in [1.54, 1.807) is 24.3 Å². The molecule has 1 atom stereocenters. The molecule has 2 aromatic carbocycles. The highest BCUT2D eigenvalue weighted by molar-refractivity contribution is 5.61. The molecule has 30 heavy (non-hydrogen) atoms. The molecular formula is C21H22N2O7. The maximum atomic E-state index is 11.6. The van der Waals surface area contributed by atoms with Crippen molar-refractivity contribution < 1.29 is 28.6 Å². The van der Waals surface area contributed by atoms with Gasteiger partial charge in [0.2, 0.25) is 5.75 Å². The van der Waals surface area contributed by atoms with Crippen molar-refractivity contribution >= 4 is 5.69 Å². The summed E-state index contributed by atoms with van der Waals surface area (Å²) in [7, 11) is 1.51. The van der Waals surface area contributed by atoms with Gasteiger partial charge in [-0.3, -0.25) is 10.1 Å². The van der Waals surface area contributed by atoms with Crippen LogP contribution in [0.1, 0.15) is 24.8 Å². The van der Waals surface area contributed by atoms with E-state index in [1.165, 1.54) is 13.2 Å². The number of methoxy groups -OCH3 is 1. The first-order valence-electron chi connectivity index (χ1n) is 9.51. The zero-order chi connectivity index (χ0) is 21.3. The molecule has 9 nitrogen and oxygen atoms in total. The van der Waals surface area contributed by atoms with E-state index < -0.39 is 4.92 Å². The first-order valence-corrected chi connectivity index (χ1v) is 9.51. The second-order valence-corrected chi connectivity index (χ2v) is 6.49. The average Bonchev–Trinajstić information content (AvgIpc) is 2.78. The summed E-state index contributed by atoms with van der Waals surface area (Å²) in [5, 5.41) is 20.8. The van der Waals surface area contributed by atoms with Crippen molar-refractivity contribution in [3.63, 3.8) is 0 Å². The van der Waals surface area contributed by atoms with Crippen LogP contribution in [0.4, 0.5) is 5.69 Å². The summed E-state index contributed by atoms with van der Waals surface area (Å²) in [6, 6.07) is 11.1. The van der Waals surface area contributed by atoms with Crippen molar-refractivity contribution in [2.45, 2.75) is 25.6 Å². The summed E-state index contributed by atoms with van der Waals surface area (Å²) >= 11 is 0. The Labute approximate surface area is 173 Å². The normalized spacial score (nSPS) is 15.8. The summed E-state index contributed by atoms with van der Waals surface area (Å²) in [6.45, 7) is 1.01. The number of rotatable bonds is 9. The molecule has 2 aromatic rings. The molecule has 3 rings (SSSR count). The van der Waals surface area contributed by atoms with Gasteiger partial charge in [-0.25, -0.2) is 0 Å². The molecule has 0 aromatic heterocycles. The van der Waals surface area contributed by atoms with Gasteiger partial charge in [-0.2, -0.15) is 5.26 Å². The lowest BCUT2D eigenvalue weighted by molar-refractivity contribution is -0.385. The largest absolute Gasteiger partial charge is 0.497 e. The molecule has 158 valence electrons. The molecular weight excluding hydrogens is 392 g/mol. The lowest BCUT2D eigenvalue weighted by Crippen LogP contribution is -2.24. The van der Waals surface area contributed by atoms with Crippen LogP contribution in [-0.4, -0.2) is 38.1 Å². The van der Waals surface area contributed by atoms with Gasteiger partial charge < -0.3 is 23.7 Å². The van der Waals surface area contributed by atoms with Gasteiger partial charge in [0, 0.05) is 24.8 Å². The highest BCUT2D eigenvalue weighted by atomic mass is 16.7. The van der Waals surface area contributed by atoms with Crippen molar-refractivity contribution in [3.05, 3.63) is 52.1 Å². The summed E-state index contributed by atoms with van der Waals surface area (Å²) in [5.74, 6) is 0.851. The van der Waals surface area contributed by atoms with Gasteiger partial charge in [-0.05, 0) is 31.4 Å². The van der Waals surface area contributed by atoms with Crippen LogP contribution < -0.4 is 14.2 Å². The molecule has 1 aliphatic rings. The quantitative estimate of drug-likeness (QED) is 0.341. The Hall–Kier alpha value is -3.35. The number of nitro groups is 1. The van der Waals surface area contributed by atoms with E-state index >= 15 is 0 Å². The Bertz CT molecular complexity index is 920. The number of ether oxygens (including phenoxy) is 5. The maximum Gasteiger partial charge on any atom is 0.316 e. The molecule has 0 bridgehead atoms. The number of hydrogen-bond acceptors (Lipinski definition) is 8. The van der Waals surface area contributed by atoms with Gasteiger partial charge in [0.25, 0.3) is 0 Å². The third-order valence-electron chi connectivity index (χ3n) is 4.40. The number of nitrogens with zero attached hydrogens (tertiary/aromatic N) is 2. The fourth-order valence-corrected chi connectivity index (χ4v) is 2.95. The number of benzene rings is 2. The van der Waals surface area contributed by atoms with Crippen LogP contribution in [-0.2, 0) is 9.47 Å². The van der Waals surface area contributed by atoms with Crippen molar-refractivity contribution in [2.24, 2.45) is 0 Å². The molecule has 1 fully saturated rings. The molecule has 1 heterocycles. The monoisotopic (exact) mass is 414 g/mol. The summed E-state index contributed by atoms with van der Waals surface area (Å²) in [4.78, 5) is 11.0. The SMILES string of the molecule is COc1cccc(Oc2c(OCCOC3CCCCO3)cc(C#N)cc2[N+](=O)[O-])c1. The van der Waals surface area contributed by atoms with E-state index in [4.69, 9.17) is 23.7 Å². The molecule has 0 aliphatic carbocycles. The van der Waals surface area contributed by atoms with Crippen molar-refractivity contribution in [1.82, 2.24) is 0 Å². The number of nitriles is 1. The second kappa shape index (κ2) is 10.4. The van der Waals surface area contributed by atoms with Gasteiger partial charge in [0.15, 0.2) is 12.0 Å². The molecule has 1 aliphatic heterocycles. The Kier molecular flexibility index (Phi) is 7.43. The predicted molar refractivity (Wildman–Crippen MR) is 106 cm³/mol. The Morgan fingerprint density at radius 3 is 2.77 bits per heavy atom. The predicted octanol–water partition coefficient (Wildman–Crippen LogP) is 4.19. The summed E-state index contributed by atoms with van der Waals surface area (Å²) in [6.07, 6.45) is 2.61. The highest BCUT2D eigenvalue weighted by Gasteiger charge is 2.24. The van der Waals surface area contributed by atoms with E-state index in [1.807, 2.05) is 6.07 Å². The standard InChI is InChI=1S/C21H22N2O7/c1-26-16-5-4-6-17(13-16)30-21-18(23(24)25)11-15(14-22)12-19(21)27-9-10-29-20-7-2-3-8-28-20/h4-6,11-13,20H,2-3,7-10H2,1H3. The fraction of sp³-hybridized carbons (Fsp3) is 0.381. The van der Waals surface area contributed by atoms with E-state index in [-0.39, 0.29) is 42.3 Å². The van der Waals surface area contributed by atoms with Crippen molar-refractivity contribution in [3.8, 4) is 29.1 Å². The van der Waals surface area contributed by atoms with Crippen LogP contribution in [0.5, 0.6) is 23.0 Å². The lowest BCUT2D eigenvalue weighted by atomic mass is 10.2. The summed E-state index contributed by atoms with van der Waals surface area (Å²) < 4.78 is 27.7. The van der Waals surface area contributed by atoms with Crippen molar-refractivity contribution in [1.29, 1.82) is 5.26 Å². The van der Waals surface area contributed by atoms with Crippen LogP contribution in [0, 0.1) is 21.4 Å². The fourth-order valence-electron chi connectivity index (χ4n) is 2.95. The van der Waals surface area contributed by atoms with Crippen LogP contribution >= 0.6 is 0 Å². The van der Waals surface area contributed by atoms with Crippen molar-refractivity contribution in [2.75, 3.05) is 26.9 Å². The van der Waals surface area contributed by atoms with Gasteiger partial charge in [-0.1, -0.05) is 6.07 Å². The van der Waals surface area contributed by atoms with E-state index in [0.717, 1.165) is 25.3 Å². The zero-order valence-corrected chi connectivity index (χ0v) is 16.5. The third-order valence-corrected chi connectivity index (χ3v) is 4.40. The molecule has 9 heteroatoms. The van der Waals surface area contributed by atoms with E-state index in [0.29, 0.717) is 18.1 Å². The lowest BCUT2D eigenvalue weighted by Gasteiger charge is -2.22. The second-order valence-electron chi connectivity index (χ2n) is 6.49. The zero-order valence-electron chi connectivity index (χ0n) is 16.5. The molecule has 0 radical (unpaired) electrons. The number of nitro benzene ring substituents is 1. The van der Waals surface area contributed by atoms with Crippen LogP contribution in [0.3, 0.4) is 0 Å². The topological polar surface area (TPSA) is 113 Å². The maximum absolute atomic E-state index is 11.6. The number of hydrogen-bond donors (Lipinski definition) is 0. The minimum Gasteiger partial charge on any atom is -0.497 e. The first-order chi connectivity index (χ1) is 14.6.